The Morgan fingerprint density at radius 3 is 1.95 bits per heavy atom. The number of hydrogen-bond donors (Lipinski definition) is 8. The molecule has 3 heterocycles. The summed E-state index contributed by atoms with van der Waals surface area (Å²) in [5.41, 5.74) is 1.73. The van der Waals surface area contributed by atoms with Crippen LogP contribution in [0.15, 0.2) is 49.3 Å². The van der Waals surface area contributed by atoms with Crippen molar-refractivity contribution in [2.75, 3.05) is 6.54 Å². The van der Waals surface area contributed by atoms with Crippen molar-refractivity contribution in [3.05, 3.63) is 66.3 Å². The molecule has 212 valence electrons. The second-order valence-electron chi connectivity index (χ2n) is 9.60. The van der Waals surface area contributed by atoms with E-state index in [0.29, 0.717) is 29.9 Å². The van der Waals surface area contributed by atoms with Gasteiger partial charge < -0.3 is 41.4 Å². The number of rotatable bonds is 13. The number of aromatic nitrogens is 4. The Labute approximate surface area is 229 Å². The van der Waals surface area contributed by atoms with Crippen LogP contribution in [-0.4, -0.2) is 84.6 Å². The number of aromatic amines is 2. The summed E-state index contributed by atoms with van der Waals surface area (Å²) in [5.74, 6) is -2.88. The van der Waals surface area contributed by atoms with E-state index in [2.05, 4.69) is 41.2 Å². The van der Waals surface area contributed by atoms with E-state index in [1.807, 2.05) is 0 Å². The largest absolute Gasteiger partial charge is 0.508 e. The summed E-state index contributed by atoms with van der Waals surface area (Å²) in [6, 6.07) is 2.29. The zero-order valence-electron chi connectivity index (χ0n) is 21.6. The summed E-state index contributed by atoms with van der Waals surface area (Å²) in [6.45, 7) is 0.697. The molecular weight excluding hydrogens is 520 g/mol. The number of phenolic OH excluding ortho intramolecular Hbond substituents is 1. The van der Waals surface area contributed by atoms with Crippen molar-refractivity contribution in [1.29, 1.82) is 0 Å². The minimum absolute atomic E-state index is 0.00196. The number of carboxylic acids is 1. The van der Waals surface area contributed by atoms with E-state index in [1.165, 1.54) is 37.2 Å². The number of amides is 3. The molecule has 8 N–H and O–H groups in total. The first-order valence-electron chi connectivity index (χ1n) is 12.9. The number of carboxylic acid groups (broad SMARTS) is 1. The minimum Gasteiger partial charge on any atom is -0.508 e. The Morgan fingerprint density at radius 1 is 0.850 bits per heavy atom. The molecule has 4 unspecified atom stereocenters. The Morgan fingerprint density at radius 2 is 1.43 bits per heavy atom. The number of nitrogens with one attached hydrogen (secondary N) is 6. The van der Waals surface area contributed by atoms with E-state index in [4.69, 9.17) is 0 Å². The number of hydrogen-bond acceptors (Lipinski definition) is 8. The van der Waals surface area contributed by atoms with Crippen LogP contribution in [0, 0.1) is 0 Å². The summed E-state index contributed by atoms with van der Waals surface area (Å²) in [4.78, 5) is 65.1. The fraction of sp³-hybridized carbons (Fsp3) is 0.385. The molecule has 0 spiro atoms. The van der Waals surface area contributed by atoms with Crippen LogP contribution in [0.2, 0.25) is 0 Å². The average molecular weight is 553 g/mol. The van der Waals surface area contributed by atoms with Crippen LogP contribution in [0.3, 0.4) is 0 Å². The van der Waals surface area contributed by atoms with Gasteiger partial charge in [-0.2, -0.15) is 0 Å². The van der Waals surface area contributed by atoms with Crippen LogP contribution < -0.4 is 21.3 Å². The smallest absolute Gasteiger partial charge is 0.326 e. The molecule has 3 amide bonds. The molecule has 0 aliphatic carbocycles. The Balaban J connectivity index is 1.51. The van der Waals surface area contributed by atoms with Crippen LogP contribution in [0.5, 0.6) is 5.75 Å². The van der Waals surface area contributed by atoms with Gasteiger partial charge in [-0.3, -0.25) is 14.4 Å². The first-order valence-corrected chi connectivity index (χ1v) is 12.9. The Bertz CT molecular complexity index is 1270. The van der Waals surface area contributed by atoms with Gasteiger partial charge in [-0.1, -0.05) is 12.1 Å². The molecule has 0 saturated carbocycles. The van der Waals surface area contributed by atoms with Crippen LogP contribution >= 0.6 is 0 Å². The lowest BCUT2D eigenvalue weighted by atomic mass is 10.0. The maximum atomic E-state index is 13.6. The zero-order valence-corrected chi connectivity index (χ0v) is 21.6. The predicted octanol–water partition coefficient (Wildman–Crippen LogP) is -0.843. The van der Waals surface area contributed by atoms with Crippen LogP contribution in [-0.2, 0) is 38.4 Å². The van der Waals surface area contributed by atoms with Crippen LogP contribution in [0.1, 0.15) is 29.8 Å². The maximum absolute atomic E-state index is 13.6. The molecule has 0 radical (unpaired) electrons. The lowest BCUT2D eigenvalue weighted by Gasteiger charge is -2.25. The van der Waals surface area contributed by atoms with Crippen molar-refractivity contribution in [2.45, 2.75) is 56.3 Å². The number of carbonyl (C=O) groups excluding carboxylic acids is 3. The zero-order chi connectivity index (χ0) is 28.5. The SMILES string of the molecule is O=C(O)C(Cc1cnc[nH]1)NC(=O)C(Cc1cnc[nH]1)NC(=O)C(Cc1ccc(O)cc1)NC(=O)C1CCCN1. The normalized spacial score (nSPS) is 16.9. The molecule has 3 aromatic rings. The third kappa shape index (κ3) is 7.89. The number of aliphatic carboxylic acids is 1. The van der Waals surface area contributed by atoms with E-state index in [1.54, 1.807) is 12.1 Å². The molecule has 1 fully saturated rings. The number of carbonyl (C=O) groups is 4. The van der Waals surface area contributed by atoms with Crippen molar-refractivity contribution in [2.24, 2.45) is 0 Å². The minimum atomic E-state index is -1.28. The van der Waals surface area contributed by atoms with Gasteiger partial charge in [-0.25, -0.2) is 14.8 Å². The average Bonchev–Trinajstić information content (AvgIpc) is 3.73. The highest BCUT2D eigenvalue weighted by atomic mass is 16.4. The summed E-state index contributed by atoms with van der Waals surface area (Å²) in [5, 5.41) is 30.4. The van der Waals surface area contributed by atoms with E-state index >= 15 is 0 Å². The fourth-order valence-electron chi connectivity index (χ4n) is 4.44. The standard InChI is InChI=1S/C26H32N8O6/c35-18-5-3-15(4-6-18)8-20(32-23(36)19-2-1-7-29-19)24(37)33-21(9-16-11-27-13-30-16)25(38)34-22(26(39)40)10-17-12-28-14-31-17/h3-6,11-14,19-22,29,35H,1-2,7-10H2,(H,27,30)(H,28,31)(H,32,36)(H,33,37)(H,34,38)(H,39,40). The topological polar surface area (TPSA) is 214 Å². The number of nitrogens with zero attached hydrogens (tertiary/aromatic N) is 2. The van der Waals surface area contributed by atoms with E-state index in [9.17, 15) is 29.4 Å². The van der Waals surface area contributed by atoms with Gasteiger partial charge in [-0.05, 0) is 37.1 Å². The molecule has 1 saturated heterocycles. The summed E-state index contributed by atoms with van der Waals surface area (Å²) in [7, 11) is 0. The Hall–Kier alpha value is -4.72. The van der Waals surface area contributed by atoms with E-state index < -0.39 is 42.0 Å². The molecule has 1 aromatic carbocycles. The van der Waals surface area contributed by atoms with Gasteiger partial charge in [-0.15, -0.1) is 0 Å². The monoisotopic (exact) mass is 552 g/mol. The number of benzene rings is 1. The van der Waals surface area contributed by atoms with Gasteiger partial charge in [0.25, 0.3) is 0 Å². The molecule has 0 bridgehead atoms. The molecule has 14 nitrogen and oxygen atoms in total. The lowest BCUT2D eigenvalue weighted by molar-refractivity contribution is -0.142. The molecule has 4 atom stereocenters. The summed E-state index contributed by atoms with van der Waals surface area (Å²) in [6.07, 6.45) is 7.31. The van der Waals surface area contributed by atoms with E-state index in [-0.39, 0.29) is 30.9 Å². The molecule has 4 rings (SSSR count). The van der Waals surface area contributed by atoms with Crippen molar-refractivity contribution in [1.82, 2.24) is 41.2 Å². The third-order valence-electron chi connectivity index (χ3n) is 6.59. The van der Waals surface area contributed by atoms with Crippen LogP contribution in [0.25, 0.3) is 0 Å². The van der Waals surface area contributed by atoms with Crippen molar-refractivity contribution < 1.29 is 29.4 Å². The highest BCUT2D eigenvalue weighted by Gasteiger charge is 2.32. The van der Waals surface area contributed by atoms with Crippen LogP contribution in [0.4, 0.5) is 0 Å². The van der Waals surface area contributed by atoms with Gasteiger partial charge in [0.05, 0.1) is 18.7 Å². The maximum Gasteiger partial charge on any atom is 0.326 e. The number of H-pyrrole nitrogens is 2. The number of aromatic hydroxyl groups is 1. The summed E-state index contributed by atoms with van der Waals surface area (Å²) >= 11 is 0. The van der Waals surface area contributed by atoms with Gasteiger partial charge in [0.2, 0.25) is 17.7 Å². The van der Waals surface area contributed by atoms with Gasteiger partial charge >= 0.3 is 5.97 Å². The molecular formula is C26H32N8O6. The lowest BCUT2D eigenvalue weighted by Crippen LogP contribution is -2.58. The van der Waals surface area contributed by atoms with Crippen molar-refractivity contribution in [3.63, 3.8) is 0 Å². The highest BCUT2D eigenvalue weighted by molar-refractivity contribution is 5.94. The predicted molar refractivity (Wildman–Crippen MR) is 141 cm³/mol. The molecule has 14 heteroatoms. The molecule has 1 aliphatic rings. The van der Waals surface area contributed by atoms with Gasteiger partial charge in [0.15, 0.2) is 0 Å². The number of imidazole rings is 2. The first kappa shape index (κ1) is 28.3. The first-order chi connectivity index (χ1) is 19.3. The quantitative estimate of drug-likeness (QED) is 0.132. The molecule has 40 heavy (non-hydrogen) atoms. The second-order valence-corrected chi connectivity index (χ2v) is 9.60. The third-order valence-corrected chi connectivity index (χ3v) is 6.59. The van der Waals surface area contributed by atoms with Crippen molar-refractivity contribution in [3.8, 4) is 5.75 Å². The van der Waals surface area contributed by atoms with Crippen molar-refractivity contribution >= 4 is 23.7 Å². The Kier molecular flexibility index (Phi) is 9.46. The fourth-order valence-corrected chi connectivity index (χ4v) is 4.44. The molecule has 1 aliphatic heterocycles. The van der Waals surface area contributed by atoms with Gasteiger partial charge in [0, 0.05) is 43.0 Å². The highest BCUT2D eigenvalue weighted by Crippen LogP contribution is 2.13. The number of phenols is 1. The second kappa shape index (κ2) is 13.4. The van der Waals surface area contributed by atoms with E-state index in [0.717, 1.165) is 6.42 Å². The van der Waals surface area contributed by atoms with Gasteiger partial charge in [0.1, 0.15) is 23.9 Å². The molecule has 2 aromatic heterocycles. The summed E-state index contributed by atoms with van der Waals surface area (Å²) < 4.78 is 0.